The van der Waals surface area contributed by atoms with Gasteiger partial charge in [0.15, 0.2) is 0 Å². The van der Waals surface area contributed by atoms with Crippen LogP contribution in [0.3, 0.4) is 0 Å². The fourth-order valence-corrected chi connectivity index (χ4v) is 2.29. The molecule has 1 heterocycles. The quantitative estimate of drug-likeness (QED) is 0.820. The molecule has 0 bridgehead atoms. The standard InChI is InChI=1S/C12H9BrCl2N2/c13-9-2-1-8(11(14)5-9)7-17-10-3-4-16-12(15)6-10/h1-6H,7H2,(H,16,17). The molecule has 5 heteroatoms. The number of halogens is 3. The number of nitrogens with one attached hydrogen (secondary N) is 1. The van der Waals surface area contributed by atoms with E-state index >= 15 is 0 Å². The summed E-state index contributed by atoms with van der Waals surface area (Å²) >= 11 is 15.3. The summed E-state index contributed by atoms with van der Waals surface area (Å²) in [6.07, 6.45) is 1.66. The van der Waals surface area contributed by atoms with Crippen LogP contribution in [-0.2, 0) is 6.54 Å². The molecule has 0 spiro atoms. The number of rotatable bonds is 3. The van der Waals surface area contributed by atoms with Crippen molar-refractivity contribution in [2.24, 2.45) is 0 Å². The normalized spacial score (nSPS) is 10.3. The van der Waals surface area contributed by atoms with E-state index in [0.29, 0.717) is 11.7 Å². The summed E-state index contributed by atoms with van der Waals surface area (Å²) in [6, 6.07) is 9.44. The van der Waals surface area contributed by atoms with Crippen LogP contribution in [0.5, 0.6) is 0 Å². The Labute approximate surface area is 118 Å². The molecule has 0 aliphatic heterocycles. The van der Waals surface area contributed by atoms with Crippen LogP contribution >= 0.6 is 39.1 Å². The first kappa shape index (κ1) is 12.7. The van der Waals surface area contributed by atoms with Gasteiger partial charge < -0.3 is 5.32 Å². The first-order valence-electron chi connectivity index (χ1n) is 4.94. The second-order valence-corrected chi connectivity index (χ2v) is 5.17. The SMILES string of the molecule is Clc1cc(NCc2ccc(Br)cc2Cl)ccn1. The van der Waals surface area contributed by atoms with Crippen LogP contribution in [0.25, 0.3) is 0 Å². The van der Waals surface area contributed by atoms with Crippen LogP contribution in [0.15, 0.2) is 41.0 Å². The predicted octanol–water partition coefficient (Wildman–Crippen LogP) is 4.76. The fraction of sp³-hybridized carbons (Fsp3) is 0.0833. The Bertz CT molecular complexity index is 532. The van der Waals surface area contributed by atoms with Gasteiger partial charge in [0.1, 0.15) is 5.15 Å². The third kappa shape index (κ3) is 3.60. The fourth-order valence-electron chi connectivity index (χ4n) is 1.37. The van der Waals surface area contributed by atoms with Gasteiger partial charge in [0.05, 0.1) is 0 Å². The molecule has 0 fully saturated rings. The van der Waals surface area contributed by atoms with Crippen molar-refractivity contribution < 1.29 is 0 Å². The number of anilines is 1. The van der Waals surface area contributed by atoms with E-state index in [1.165, 1.54) is 0 Å². The number of benzene rings is 1. The van der Waals surface area contributed by atoms with E-state index in [2.05, 4.69) is 26.2 Å². The van der Waals surface area contributed by atoms with Crippen LogP contribution in [0.4, 0.5) is 5.69 Å². The van der Waals surface area contributed by atoms with E-state index < -0.39 is 0 Å². The molecule has 17 heavy (non-hydrogen) atoms. The maximum atomic E-state index is 6.12. The van der Waals surface area contributed by atoms with Gasteiger partial charge in [-0.2, -0.15) is 0 Å². The van der Waals surface area contributed by atoms with Crippen LogP contribution < -0.4 is 5.32 Å². The van der Waals surface area contributed by atoms with Gasteiger partial charge in [0, 0.05) is 27.9 Å². The van der Waals surface area contributed by atoms with Crippen molar-refractivity contribution in [3.63, 3.8) is 0 Å². The Balaban J connectivity index is 2.07. The zero-order valence-electron chi connectivity index (χ0n) is 8.75. The van der Waals surface area contributed by atoms with Crippen molar-refractivity contribution in [3.05, 3.63) is 56.7 Å². The largest absolute Gasteiger partial charge is 0.381 e. The first-order chi connectivity index (χ1) is 8.15. The van der Waals surface area contributed by atoms with Crippen LogP contribution in [0.2, 0.25) is 10.2 Å². The molecule has 0 unspecified atom stereocenters. The molecule has 88 valence electrons. The second-order valence-electron chi connectivity index (χ2n) is 3.46. The van der Waals surface area contributed by atoms with Crippen molar-refractivity contribution in [2.75, 3.05) is 5.32 Å². The van der Waals surface area contributed by atoms with Crippen molar-refractivity contribution >= 4 is 44.8 Å². The molecule has 0 saturated carbocycles. The summed E-state index contributed by atoms with van der Waals surface area (Å²) in [5.41, 5.74) is 1.95. The molecule has 2 nitrogen and oxygen atoms in total. The highest BCUT2D eigenvalue weighted by atomic mass is 79.9. The van der Waals surface area contributed by atoms with Gasteiger partial charge in [-0.15, -0.1) is 0 Å². The molecule has 1 aromatic carbocycles. The van der Waals surface area contributed by atoms with E-state index in [4.69, 9.17) is 23.2 Å². The molecule has 0 saturated heterocycles. The minimum atomic E-state index is 0.469. The van der Waals surface area contributed by atoms with Crippen LogP contribution in [0, 0.1) is 0 Å². The minimum absolute atomic E-state index is 0.469. The first-order valence-corrected chi connectivity index (χ1v) is 6.49. The van der Waals surface area contributed by atoms with E-state index in [1.54, 1.807) is 12.3 Å². The lowest BCUT2D eigenvalue weighted by molar-refractivity contribution is 1.14. The molecule has 2 rings (SSSR count). The lowest BCUT2D eigenvalue weighted by Gasteiger charge is -2.08. The van der Waals surface area contributed by atoms with Gasteiger partial charge in [-0.3, -0.25) is 0 Å². The predicted molar refractivity (Wildman–Crippen MR) is 75.7 cm³/mol. The number of nitrogens with zero attached hydrogens (tertiary/aromatic N) is 1. The number of hydrogen-bond acceptors (Lipinski definition) is 2. The zero-order chi connectivity index (χ0) is 12.3. The Hall–Kier alpha value is -0.770. The lowest BCUT2D eigenvalue weighted by atomic mass is 10.2. The highest BCUT2D eigenvalue weighted by Gasteiger charge is 2.01. The lowest BCUT2D eigenvalue weighted by Crippen LogP contribution is -2.00. The van der Waals surface area contributed by atoms with Gasteiger partial charge in [-0.25, -0.2) is 4.98 Å². The number of hydrogen-bond donors (Lipinski definition) is 1. The third-order valence-electron chi connectivity index (χ3n) is 2.22. The maximum absolute atomic E-state index is 6.12. The molecule has 0 radical (unpaired) electrons. The smallest absolute Gasteiger partial charge is 0.131 e. The van der Waals surface area contributed by atoms with Crippen molar-refractivity contribution in [2.45, 2.75) is 6.54 Å². The molecule has 0 aliphatic carbocycles. The zero-order valence-corrected chi connectivity index (χ0v) is 11.9. The summed E-state index contributed by atoms with van der Waals surface area (Å²) in [7, 11) is 0. The Morgan fingerprint density at radius 3 is 2.71 bits per heavy atom. The number of aromatic nitrogens is 1. The monoisotopic (exact) mass is 330 g/mol. The summed E-state index contributed by atoms with van der Waals surface area (Å²) in [5, 5.41) is 4.44. The van der Waals surface area contributed by atoms with Gasteiger partial charge in [0.2, 0.25) is 0 Å². The molecule has 1 aromatic heterocycles. The molecular weight excluding hydrogens is 323 g/mol. The number of pyridine rings is 1. The third-order valence-corrected chi connectivity index (χ3v) is 3.28. The Morgan fingerprint density at radius 2 is 2.00 bits per heavy atom. The highest BCUT2D eigenvalue weighted by molar-refractivity contribution is 9.10. The summed E-state index contributed by atoms with van der Waals surface area (Å²) in [4.78, 5) is 3.92. The van der Waals surface area contributed by atoms with Gasteiger partial charge in [-0.05, 0) is 29.8 Å². The molecular formula is C12H9BrCl2N2. The van der Waals surface area contributed by atoms with E-state index in [0.717, 1.165) is 20.7 Å². The van der Waals surface area contributed by atoms with E-state index in [-0.39, 0.29) is 0 Å². The summed E-state index contributed by atoms with van der Waals surface area (Å²) < 4.78 is 0.971. The molecule has 2 aromatic rings. The average Bonchev–Trinajstić information content (AvgIpc) is 2.28. The second kappa shape index (κ2) is 5.71. The molecule has 0 aliphatic rings. The molecule has 0 atom stereocenters. The van der Waals surface area contributed by atoms with Crippen LogP contribution in [-0.4, -0.2) is 4.98 Å². The minimum Gasteiger partial charge on any atom is -0.381 e. The highest BCUT2D eigenvalue weighted by Crippen LogP contribution is 2.22. The summed E-state index contributed by atoms with van der Waals surface area (Å²) in [5.74, 6) is 0. The Kier molecular flexibility index (Phi) is 4.26. The van der Waals surface area contributed by atoms with Gasteiger partial charge in [0.25, 0.3) is 0 Å². The molecule has 0 amide bonds. The van der Waals surface area contributed by atoms with Gasteiger partial charge >= 0.3 is 0 Å². The van der Waals surface area contributed by atoms with Crippen molar-refractivity contribution in [1.29, 1.82) is 0 Å². The van der Waals surface area contributed by atoms with Crippen molar-refractivity contribution in [1.82, 2.24) is 4.98 Å². The van der Waals surface area contributed by atoms with E-state index in [9.17, 15) is 0 Å². The van der Waals surface area contributed by atoms with Crippen LogP contribution in [0.1, 0.15) is 5.56 Å². The topological polar surface area (TPSA) is 24.9 Å². The average molecular weight is 332 g/mol. The van der Waals surface area contributed by atoms with Gasteiger partial charge in [-0.1, -0.05) is 45.2 Å². The Morgan fingerprint density at radius 1 is 1.18 bits per heavy atom. The van der Waals surface area contributed by atoms with E-state index in [1.807, 2.05) is 24.3 Å². The molecule has 1 N–H and O–H groups in total. The summed E-state index contributed by atoms with van der Waals surface area (Å²) in [6.45, 7) is 0.645. The maximum Gasteiger partial charge on any atom is 0.131 e. The van der Waals surface area contributed by atoms with Crippen molar-refractivity contribution in [3.8, 4) is 0 Å².